The minimum absolute atomic E-state index is 0.441. The zero-order chi connectivity index (χ0) is 12.3. The van der Waals surface area contributed by atoms with Crippen molar-refractivity contribution in [2.24, 2.45) is 0 Å². The van der Waals surface area contributed by atoms with Crippen LogP contribution >= 0.6 is 11.8 Å². The smallest absolute Gasteiger partial charge is 0.227 e. The van der Waals surface area contributed by atoms with Gasteiger partial charge in [-0.15, -0.1) is 11.8 Å². The summed E-state index contributed by atoms with van der Waals surface area (Å²) in [7, 11) is 0. The molecular weight excluding hydrogens is 234 g/mol. The Balaban J connectivity index is 2.35. The number of rotatable bonds is 3. The lowest BCUT2D eigenvalue weighted by Crippen LogP contribution is -1.99. The molecule has 0 amide bonds. The fraction of sp³-hybridized carbons (Fsp3) is 0.167. The molecule has 0 spiro atoms. The van der Waals surface area contributed by atoms with Gasteiger partial charge in [-0.3, -0.25) is 0 Å². The van der Waals surface area contributed by atoms with Gasteiger partial charge >= 0.3 is 0 Å². The zero-order valence-electron chi connectivity index (χ0n) is 9.68. The van der Waals surface area contributed by atoms with Crippen LogP contribution < -0.4 is 10.5 Å². The number of hydrogen-bond donors (Lipinski definition) is 1. The molecule has 0 aliphatic carbocycles. The third kappa shape index (κ3) is 2.50. The number of nitrogens with zero attached hydrogens (tertiary/aromatic N) is 2. The first-order valence-electron chi connectivity index (χ1n) is 5.10. The standard InChI is InChI=1S/C12H13N3OS/c1-8-11(13)14-7-15-12(8)16-9-5-3-4-6-10(9)17-2/h3-7H,1-2H3,(H2,13,14,15). The van der Waals surface area contributed by atoms with E-state index < -0.39 is 0 Å². The molecule has 0 fully saturated rings. The molecule has 0 atom stereocenters. The number of anilines is 1. The summed E-state index contributed by atoms with van der Waals surface area (Å²) in [5.74, 6) is 1.72. The lowest BCUT2D eigenvalue weighted by molar-refractivity contribution is 0.447. The lowest BCUT2D eigenvalue weighted by Gasteiger charge is -2.10. The minimum Gasteiger partial charge on any atom is -0.437 e. The van der Waals surface area contributed by atoms with E-state index in [1.807, 2.05) is 37.4 Å². The first-order chi connectivity index (χ1) is 8.22. The first-order valence-corrected chi connectivity index (χ1v) is 6.33. The molecule has 1 heterocycles. The second-order valence-corrected chi connectivity index (χ2v) is 4.29. The molecule has 88 valence electrons. The second kappa shape index (κ2) is 5.05. The van der Waals surface area contributed by atoms with Gasteiger partial charge < -0.3 is 10.5 Å². The fourth-order valence-electron chi connectivity index (χ4n) is 1.36. The number of hydrogen-bond acceptors (Lipinski definition) is 5. The molecule has 0 aliphatic rings. The molecule has 2 rings (SSSR count). The van der Waals surface area contributed by atoms with Crippen molar-refractivity contribution in [1.82, 2.24) is 9.97 Å². The maximum absolute atomic E-state index is 5.76. The Hall–Kier alpha value is -1.75. The van der Waals surface area contributed by atoms with E-state index in [-0.39, 0.29) is 0 Å². The number of para-hydroxylation sites is 1. The van der Waals surface area contributed by atoms with Gasteiger partial charge in [0.05, 0.1) is 5.56 Å². The van der Waals surface area contributed by atoms with E-state index >= 15 is 0 Å². The van der Waals surface area contributed by atoms with Crippen LogP contribution in [0.25, 0.3) is 0 Å². The van der Waals surface area contributed by atoms with Crippen molar-refractivity contribution < 1.29 is 4.74 Å². The van der Waals surface area contributed by atoms with Crippen LogP contribution in [-0.2, 0) is 0 Å². The molecule has 2 aromatic rings. The molecule has 0 saturated carbocycles. The summed E-state index contributed by atoms with van der Waals surface area (Å²) < 4.78 is 5.76. The Morgan fingerprint density at radius 3 is 2.76 bits per heavy atom. The van der Waals surface area contributed by atoms with E-state index in [4.69, 9.17) is 10.5 Å². The summed E-state index contributed by atoms with van der Waals surface area (Å²) in [6.45, 7) is 1.84. The van der Waals surface area contributed by atoms with Crippen LogP contribution in [0, 0.1) is 6.92 Å². The van der Waals surface area contributed by atoms with E-state index in [1.165, 1.54) is 6.33 Å². The third-order valence-corrected chi connectivity index (χ3v) is 3.13. The summed E-state index contributed by atoms with van der Waals surface area (Å²) in [6.07, 6.45) is 3.41. The molecule has 0 unspecified atom stereocenters. The molecule has 0 radical (unpaired) electrons. The van der Waals surface area contributed by atoms with Crippen LogP contribution in [0.5, 0.6) is 11.6 Å². The molecule has 17 heavy (non-hydrogen) atoms. The van der Waals surface area contributed by atoms with Crippen LogP contribution in [0.1, 0.15) is 5.56 Å². The predicted molar refractivity (Wildman–Crippen MR) is 69.5 cm³/mol. The molecule has 0 aliphatic heterocycles. The SMILES string of the molecule is CSc1ccccc1Oc1ncnc(N)c1C. The quantitative estimate of drug-likeness (QED) is 0.845. The number of ether oxygens (including phenoxy) is 1. The van der Waals surface area contributed by atoms with Crippen molar-refractivity contribution in [3.05, 3.63) is 36.2 Å². The van der Waals surface area contributed by atoms with Gasteiger partial charge in [0.2, 0.25) is 5.88 Å². The molecular formula is C12H13N3OS. The maximum Gasteiger partial charge on any atom is 0.227 e. The van der Waals surface area contributed by atoms with Crippen LogP contribution in [0.4, 0.5) is 5.82 Å². The van der Waals surface area contributed by atoms with Crippen LogP contribution in [0.15, 0.2) is 35.5 Å². The van der Waals surface area contributed by atoms with Gasteiger partial charge in [0.25, 0.3) is 0 Å². The highest BCUT2D eigenvalue weighted by Crippen LogP contribution is 2.32. The Morgan fingerprint density at radius 1 is 1.24 bits per heavy atom. The van der Waals surface area contributed by atoms with E-state index in [0.29, 0.717) is 11.7 Å². The second-order valence-electron chi connectivity index (χ2n) is 3.44. The summed E-state index contributed by atoms with van der Waals surface area (Å²) in [5.41, 5.74) is 6.46. The Morgan fingerprint density at radius 2 is 2.00 bits per heavy atom. The largest absolute Gasteiger partial charge is 0.437 e. The monoisotopic (exact) mass is 247 g/mol. The molecule has 5 heteroatoms. The van der Waals surface area contributed by atoms with Gasteiger partial charge in [-0.25, -0.2) is 9.97 Å². The number of benzene rings is 1. The van der Waals surface area contributed by atoms with Gasteiger partial charge in [0, 0.05) is 4.90 Å². The highest BCUT2D eigenvalue weighted by atomic mass is 32.2. The fourth-order valence-corrected chi connectivity index (χ4v) is 1.88. The van der Waals surface area contributed by atoms with Crippen molar-refractivity contribution in [3.8, 4) is 11.6 Å². The van der Waals surface area contributed by atoms with E-state index in [2.05, 4.69) is 9.97 Å². The van der Waals surface area contributed by atoms with E-state index in [9.17, 15) is 0 Å². The summed E-state index contributed by atoms with van der Waals surface area (Å²) >= 11 is 1.63. The van der Waals surface area contributed by atoms with Gasteiger partial charge in [0.1, 0.15) is 17.9 Å². The van der Waals surface area contributed by atoms with E-state index in [0.717, 1.165) is 16.2 Å². The topological polar surface area (TPSA) is 61.0 Å². The van der Waals surface area contributed by atoms with Crippen molar-refractivity contribution in [1.29, 1.82) is 0 Å². The van der Waals surface area contributed by atoms with Gasteiger partial charge in [-0.05, 0) is 25.3 Å². The highest BCUT2D eigenvalue weighted by molar-refractivity contribution is 7.98. The molecule has 1 aromatic carbocycles. The average Bonchev–Trinajstić information content (AvgIpc) is 2.35. The number of thioether (sulfide) groups is 1. The van der Waals surface area contributed by atoms with Crippen molar-refractivity contribution in [3.63, 3.8) is 0 Å². The highest BCUT2D eigenvalue weighted by Gasteiger charge is 2.09. The number of aromatic nitrogens is 2. The summed E-state index contributed by atoms with van der Waals surface area (Å²) in [5, 5.41) is 0. The van der Waals surface area contributed by atoms with Gasteiger partial charge in [-0.2, -0.15) is 0 Å². The van der Waals surface area contributed by atoms with Gasteiger partial charge in [0.15, 0.2) is 0 Å². The lowest BCUT2D eigenvalue weighted by atomic mass is 10.3. The van der Waals surface area contributed by atoms with E-state index in [1.54, 1.807) is 11.8 Å². The number of nitrogen functional groups attached to an aromatic ring is 1. The Kier molecular flexibility index (Phi) is 3.49. The molecule has 4 nitrogen and oxygen atoms in total. The first kappa shape index (κ1) is 11.7. The average molecular weight is 247 g/mol. The number of nitrogens with two attached hydrogens (primary N) is 1. The Bertz CT molecular complexity index is 531. The minimum atomic E-state index is 0.441. The van der Waals surface area contributed by atoms with Crippen LogP contribution in [0.3, 0.4) is 0 Å². The maximum atomic E-state index is 5.76. The Labute approximate surface area is 104 Å². The summed E-state index contributed by atoms with van der Waals surface area (Å²) in [6, 6.07) is 7.80. The molecule has 1 aromatic heterocycles. The molecule has 2 N–H and O–H groups in total. The zero-order valence-corrected chi connectivity index (χ0v) is 10.5. The van der Waals surface area contributed by atoms with Crippen LogP contribution in [0.2, 0.25) is 0 Å². The van der Waals surface area contributed by atoms with Crippen LogP contribution in [-0.4, -0.2) is 16.2 Å². The van der Waals surface area contributed by atoms with Gasteiger partial charge in [-0.1, -0.05) is 12.1 Å². The van der Waals surface area contributed by atoms with Crippen molar-refractivity contribution >= 4 is 17.6 Å². The normalized spacial score (nSPS) is 10.2. The third-order valence-electron chi connectivity index (χ3n) is 2.35. The van der Waals surface area contributed by atoms with Crippen molar-refractivity contribution in [2.45, 2.75) is 11.8 Å². The summed E-state index contributed by atoms with van der Waals surface area (Å²) in [4.78, 5) is 9.05. The molecule has 0 bridgehead atoms. The van der Waals surface area contributed by atoms with Crippen molar-refractivity contribution in [2.75, 3.05) is 12.0 Å². The molecule has 0 saturated heterocycles. The predicted octanol–water partition coefficient (Wildman–Crippen LogP) is 2.88.